The van der Waals surface area contributed by atoms with Crippen molar-refractivity contribution in [1.82, 2.24) is 9.97 Å². The van der Waals surface area contributed by atoms with Crippen LogP contribution in [-0.2, 0) is 9.53 Å². The van der Waals surface area contributed by atoms with Crippen molar-refractivity contribution < 1.29 is 23.8 Å². The number of carbonyl (C=O) groups is 2. The van der Waals surface area contributed by atoms with Crippen LogP contribution in [0.15, 0.2) is 36.8 Å². The lowest BCUT2D eigenvalue weighted by atomic mass is 10.2. The van der Waals surface area contributed by atoms with E-state index in [1.807, 2.05) is 6.92 Å². The summed E-state index contributed by atoms with van der Waals surface area (Å²) in [6.07, 6.45) is 2.66. The van der Waals surface area contributed by atoms with Gasteiger partial charge >= 0.3 is 11.9 Å². The molecule has 0 spiro atoms. The molecule has 1 heterocycles. The summed E-state index contributed by atoms with van der Waals surface area (Å²) in [5, 5.41) is 0. The molecule has 1 aromatic carbocycles. The van der Waals surface area contributed by atoms with E-state index >= 15 is 0 Å². The molecule has 0 radical (unpaired) electrons. The Balaban J connectivity index is 1.85. The summed E-state index contributed by atoms with van der Waals surface area (Å²) < 4.78 is 15.2. The van der Waals surface area contributed by atoms with Crippen molar-refractivity contribution in [3.63, 3.8) is 0 Å². The number of hydrogen-bond donors (Lipinski definition) is 0. The first kappa shape index (κ1) is 16.4. The molecule has 0 atom stereocenters. The third-order valence-electron chi connectivity index (χ3n) is 2.82. The highest BCUT2D eigenvalue weighted by Crippen LogP contribution is 2.17. The molecule has 0 unspecified atom stereocenters. The average Bonchev–Trinajstić information content (AvgIpc) is 2.55. The molecule has 2 rings (SSSR count). The molecule has 2 aromatic rings. The number of carbonyl (C=O) groups excluding carboxylic acids is 2. The maximum Gasteiger partial charge on any atom is 0.349 e. The molecule has 0 fully saturated rings. The second-order valence-electron chi connectivity index (χ2n) is 4.48. The Hall–Kier alpha value is -2.96. The van der Waals surface area contributed by atoms with Crippen molar-refractivity contribution in [2.75, 3.05) is 13.2 Å². The smallest absolute Gasteiger partial charge is 0.349 e. The van der Waals surface area contributed by atoms with E-state index in [0.29, 0.717) is 23.8 Å². The lowest BCUT2D eigenvalue weighted by Gasteiger charge is -2.07. The molecule has 1 aromatic heterocycles. The molecule has 0 N–H and O–H groups in total. The number of benzene rings is 1. The van der Waals surface area contributed by atoms with Crippen molar-refractivity contribution >= 4 is 11.9 Å². The molecule has 0 amide bonds. The number of esters is 2. The van der Waals surface area contributed by atoms with Crippen LogP contribution in [0.5, 0.6) is 11.5 Å². The number of nitrogens with zero attached hydrogens (tertiary/aromatic N) is 2. The van der Waals surface area contributed by atoms with E-state index in [1.165, 1.54) is 12.5 Å². The summed E-state index contributed by atoms with van der Waals surface area (Å²) in [6, 6.07) is 6.56. The van der Waals surface area contributed by atoms with E-state index in [-0.39, 0.29) is 5.56 Å². The number of ether oxygens (including phenoxy) is 3. The summed E-state index contributed by atoms with van der Waals surface area (Å²) in [7, 11) is 0. The van der Waals surface area contributed by atoms with Crippen LogP contribution in [0.1, 0.15) is 23.0 Å². The highest BCUT2D eigenvalue weighted by molar-refractivity contribution is 5.91. The SMILES string of the molecule is CCOc1ccc(OC(=O)COC(=O)c2cncnc2C)cc1. The van der Waals surface area contributed by atoms with Crippen molar-refractivity contribution in [2.45, 2.75) is 13.8 Å². The monoisotopic (exact) mass is 316 g/mol. The number of hydrogen-bond acceptors (Lipinski definition) is 7. The topological polar surface area (TPSA) is 87.6 Å². The number of rotatable bonds is 6. The molecular formula is C16H16N2O5. The van der Waals surface area contributed by atoms with Gasteiger partial charge < -0.3 is 14.2 Å². The Bertz CT molecular complexity index is 685. The van der Waals surface area contributed by atoms with Gasteiger partial charge in [-0.3, -0.25) is 0 Å². The minimum atomic E-state index is -0.683. The van der Waals surface area contributed by atoms with Gasteiger partial charge in [0.05, 0.1) is 17.9 Å². The Labute approximate surface area is 133 Å². The van der Waals surface area contributed by atoms with Crippen molar-refractivity contribution in [3.05, 3.63) is 48.0 Å². The van der Waals surface area contributed by atoms with Gasteiger partial charge in [-0.15, -0.1) is 0 Å². The van der Waals surface area contributed by atoms with Gasteiger partial charge in [0, 0.05) is 6.20 Å². The molecule has 0 aliphatic rings. The predicted octanol–water partition coefficient (Wildman–Crippen LogP) is 1.95. The molecular weight excluding hydrogens is 300 g/mol. The van der Waals surface area contributed by atoms with Crippen LogP contribution in [0.4, 0.5) is 0 Å². The van der Waals surface area contributed by atoms with Gasteiger partial charge in [-0.05, 0) is 38.1 Å². The third kappa shape index (κ3) is 4.77. The largest absolute Gasteiger partial charge is 0.494 e. The van der Waals surface area contributed by atoms with E-state index in [0.717, 1.165) is 0 Å². The second kappa shape index (κ2) is 7.88. The molecule has 0 saturated heterocycles. The highest BCUT2D eigenvalue weighted by atomic mass is 16.6. The van der Waals surface area contributed by atoms with Gasteiger partial charge in [0.2, 0.25) is 0 Å². The Morgan fingerprint density at radius 1 is 1.13 bits per heavy atom. The van der Waals surface area contributed by atoms with Crippen LogP contribution in [0.25, 0.3) is 0 Å². The summed E-state index contributed by atoms with van der Waals surface area (Å²) >= 11 is 0. The van der Waals surface area contributed by atoms with E-state index in [2.05, 4.69) is 9.97 Å². The van der Waals surface area contributed by atoms with Gasteiger partial charge in [0.25, 0.3) is 0 Å². The van der Waals surface area contributed by atoms with Crippen LogP contribution in [0.3, 0.4) is 0 Å². The Morgan fingerprint density at radius 3 is 2.48 bits per heavy atom. The minimum Gasteiger partial charge on any atom is -0.494 e. The van der Waals surface area contributed by atoms with E-state index < -0.39 is 18.5 Å². The van der Waals surface area contributed by atoms with Crippen LogP contribution >= 0.6 is 0 Å². The number of aromatic nitrogens is 2. The molecule has 0 bridgehead atoms. The van der Waals surface area contributed by atoms with Gasteiger partial charge in [-0.25, -0.2) is 19.6 Å². The summed E-state index contributed by atoms with van der Waals surface area (Å²) in [5.74, 6) is -0.337. The third-order valence-corrected chi connectivity index (χ3v) is 2.82. The molecule has 120 valence electrons. The van der Waals surface area contributed by atoms with Crippen molar-refractivity contribution in [1.29, 1.82) is 0 Å². The normalized spacial score (nSPS) is 10.0. The Morgan fingerprint density at radius 2 is 1.83 bits per heavy atom. The summed E-state index contributed by atoms with van der Waals surface area (Å²) in [4.78, 5) is 31.1. The molecule has 0 aliphatic carbocycles. The van der Waals surface area contributed by atoms with Crippen LogP contribution in [0, 0.1) is 6.92 Å². The zero-order valence-corrected chi connectivity index (χ0v) is 12.8. The molecule has 0 saturated carbocycles. The van der Waals surface area contributed by atoms with E-state index in [1.54, 1.807) is 31.2 Å². The van der Waals surface area contributed by atoms with Crippen LogP contribution < -0.4 is 9.47 Å². The first-order valence-electron chi connectivity index (χ1n) is 6.97. The van der Waals surface area contributed by atoms with E-state index in [9.17, 15) is 9.59 Å². The van der Waals surface area contributed by atoms with E-state index in [4.69, 9.17) is 14.2 Å². The molecule has 7 heteroatoms. The van der Waals surface area contributed by atoms with Gasteiger partial charge in [-0.1, -0.05) is 0 Å². The fraction of sp³-hybridized carbons (Fsp3) is 0.250. The molecule has 23 heavy (non-hydrogen) atoms. The molecule has 7 nitrogen and oxygen atoms in total. The standard InChI is InChI=1S/C16H16N2O5/c1-3-21-12-4-6-13(7-5-12)23-15(19)9-22-16(20)14-8-17-10-18-11(14)2/h4-8,10H,3,9H2,1-2H3. The fourth-order valence-electron chi connectivity index (χ4n) is 1.72. The average molecular weight is 316 g/mol. The lowest BCUT2D eigenvalue weighted by Crippen LogP contribution is -2.19. The maximum atomic E-state index is 11.8. The first-order chi connectivity index (χ1) is 11.1. The van der Waals surface area contributed by atoms with Crippen LogP contribution in [0.2, 0.25) is 0 Å². The first-order valence-corrected chi connectivity index (χ1v) is 6.97. The minimum absolute atomic E-state index is 0.210. The zero-order valence-electron chi connectivity index (χ0n) is 12.8. The zero-order chi connectivity index (χ0) is 16.7. The van der Waals surface area contributed by atoms with Gasteiger partial charge in [0.15, 0.2) is 6.61 Å². The van der Waals surface area contributed by atoms with Crippen molar-refractivity contribution in [2.24, 2.45) is 0 Å². The number of aryl methyl sites for hydroxylation is 1. The maximum absolute atomic E-state index is 11.8. The lowest BCUT2D eigenvalue weighted by molar-refractivity contribution is -0.137. The van der Waals surface area contributed by atoms with Crippen LogP contribution in [-0.4, -0.2) is 35.1 Å². The second-order valence-corrected chi connectivity index (χ2v) is 4.48. The summed E-state index contributed by atoms with van der Waals surface area (Å²) in [5.41, 5.74) is 0.686. The Kier molecular flexibility index (Phi) is 5.62. The summed E-state index contributed by atoms with van der Waals surface area (Å²) in [6.45, 7) is 3.58. The fourth-order valence-corrected chi connectivity index (χ4v) is 1.72. The predicted molar refractivity (Wildman–Crippen MR) is 80.3 cm³/mol. The highest BCUT2D eigenvalue weighted by Gasteiger charge is 2.14. The van der Waals surface area contributed by atoms with Gasteiger partial charge in [0.1, 0.15) is 17.8 Å². The quantitative estimate of drug-likeness (QED) is 0.594. The van der Waals surface area contributed by atoms with Crippen molar-refractivity contribution in [3.8, 4) is 11.5 Å². The van der Waals surface area contributed by atoms with Gasteiger partial charge in [-0.2, -0.15) is 0 Å². The molecule has 0 aliphatic heterocycles.